The van der Waals surface area contributed by atoms with Crippen LogP contribution in [0.2, 0.25) is 0 Å². The second-order valence-corrected chi connectivity index (χ2v) is 5.22. The minimum Gasteiger partial charge on any atom is -0.453 e. The Morgan fingerprint density at radius 2 is 1.95 bits per heavy atom. The monoisotopic (exact) mass is 265 g/mol. The molecule has 1 aliphatic rings. The molecule has 1 saturated carbocycles. The van der Waals surface area contributed by atoms with Crippen LogP contribution in [0.4, 0.5) is 0 Å². The van der Waals surface area contributed by atoms with E-state index in [0.717, 1.165) is 23.1 Å². The Morgan fingerprint density at radius 3 is 2.70 bits per heavy atom. The molecule has 4 nitrogen and oxygen atoms in total. The zero-order chi connectivity index (χ0) is 13.4. The number of rotatable bonds is 4. The minimum atomic E-state index is 0.636. The maximum Gasteiger partial charge on any atom is 0.195 e. The fourth-order valence-corrected chi connectivity index (χ4v) is 2.22. The van der Waals surface area contributed by atoms with Gasteiger partial charge >= 0.3 is 0 Å². The molecular weight excluding hydrogens is 250 g/mol. The molecule has 4 heteroatoms. The lowest BCUT2D eigenvalue weighted by atomic mass is 10.2. The van der Waals surface area contributed by atoms with Crippen LogP contribution in [0.3, 0.4) is 0 Å². The van der Waals surface area contributed by atoms with E-state index in [0.29, 0.717) is 17.6 Å². The van der Waals surface area contributed by atoms with Crippen LogP contribution in [0.15, 0.2) is 47.1 Å². The SMILES string of the molecule is c1ccc2oc(-c3ncc(CNC4CC4)cn3)cc2c1. The Bertz CT molecular complexity index is 696. The molecule has 4 rings (SSSR count). The van der Waals surface area contributed by atoms with Crippen molar-refractivity contribution in [3.05, 3.63) is 48.3 Å². The number of aromatic nitrogens is 2. The fraction of sp³-hybridized carbons (Fsp3) is 0.250. The number of fused-ring (bicyclic) bond motifs is 1. The number of para-hydroxylation sites is 1. The van der Waals surface area contributed by atoms with Gasteiger partial charge in [-0.2, -0.15) is 0 Å². The molecule has 0 amide bonds. The van der Waals surface area contributed by atoms with E-state index in [1.165, 1.54) is 12.8 Å². The predicted octanol–water partition coefficient (Wildman–Crippen LogP) is 3.14. The average molecular weight is 265 g/mol. The first kappa shape index (κ1) is 11.6. The molecule has 0 spiro atoms. The molecule has 0 aliphatic heterocycles. The van der Waals surface area contributed by atoms with Gasteiger partial charge < -0.3 is 9.73 Å². The van der Waals surface area contributed by atoms with E-state index in [9.17, 15) is 0 Å². The summed E-state index contributed by atoms with van der Waals surface area (Å²) in [5.41, 5.74) is 1.97. The number of nitrogens with zero attached hydrogens (tertiary/aromatic N) is 2. The van der Waals surface area contributed by atoms with Gasteiger partial charge in [0.25, 0.3) is 0 Å². The smallest absolute Gasteiger partial charge is 0.195 e. The Hall–Kier alpha value is -2.20. The number of nitrogens with one attached hydrogen (secondary N) is 1. The van der Waals surface area contributed by atoms with Gasteiger partial charge in [-0.15, -0.1) is 0 Å². The normalized spacial score (nSPS) is 14.8. The third-order valence-corrected chi connectivity index (χ3v) is 3.52. The van der Waals surface area contributed by atoms with Crippen molar-refractivity contribution in [2.24, 2.45) is 0 Å². The molecule has 2 heterocycles. The maximum atomic E-state index is 5.76. The molecular formula is C16H15N3O. The van der Waals surface area contributed by atoms with E-state index in [-0.39, 0.29) is 0 Å². The molecule has 3 aromatic rings. The highest BCUT2D eigenvalue weighted by Gasteiger charge is 2.20. The van der Waals surface area contributed by atoms with E-state index >= 15 is 0 Å². The standard InChI is InChI=1S/C16H15N3O/c1-2-4-14-12(3-1)7-15(20-14)16-18-9-11(10-19-16)8-17-13-5-6-13/h1-4,7,9-10,13,17H,5-6,8H2. The Labute approximate surface area is 116 Å². The number of hydrogen-bond acceptors (Lipinski definition) is 4. The van der Waals surface area contributed by atoms with E-state index in [2.05, 4.69) is 15.3 Å². The molecule has 1 aromatic carbocycles. The highest BCUT2D eigenvalue weighted by molar-refractivity contribution is 5.81. The van der Waals surface area contributed by atoms with Gasteiger partial charge in [-0.25, -0.2) is 9.97 Å². The van der Waals surface area contributed by atoms with Crippen molar-refractivity contribution >= 4 is 11.0 Å². The van der Waals surface area contributed by atoms with Gasteiger partial charge in [-0.1, -0.05) is 18.2 Å². The summed E-state index contributed by atoms with van der Waals surface area (Å²) < 4.78 is 5.76. The summed E-state index contributed by atoms with van der Waals surface area (Å²) in [5.74, 6) is 1.35. The van der Waals surface area contributed by atoms with Crippen molar-refractivity contribution in [3.8, 4) is 11.6 Å². The summed E-state index contributed by atoms with van der Waals surface area (Å²) >= 11 is 0. The summed E-state index contributed by atoms with van der Waals surface area (Å²) in [4.78, 5) is 8.80. The molecule has 0 saturated heterocycles. The van der Waals surface area contributed by atoms with E-state index < -0.39 is 0 Å². The molecule has 100 valence electrons. The molecule has 1 N–H and O–H groups in total. The lowest BCUT2D eigenvalue weighted by molar-refractivity contribution is 0.624. The van der Waals surface area contributed by atoms with Crippen LogP contribution in [0.25, 0.3) is 22.6 Å². The van der Waals surface area contributed by atoms with Crippen molar-refractivity contribution in [2.75, 3.05) is 0 Å². The van der Waals surface area contributed by atoms with Gasteiger partial charge in [0.15, 0.2) is 11.6 Å². The van der Waals surface area contributed by atoms with Crippen LogP contribution in [-0.4, -0.2) is 16.0 Å². The number of benzene rings is 1. The topological polar surface area (TPSA) is 51.0 Å². The van der Waals surface area contributed by atoms with E-state index in [1.54, 1.807) is 0 Å². The van der Waals surface area contributed by atoms with Gasteiger partial charge in [0.1, 0.15) is 5.58 Å². The minimum absolute atomic E-state index is 0.636. The zero-order valence-electron chi connectivity index (χ0n) is 11.0. The average Bonchev–Trinajstić information content (AvgIpc) is 3.22. The molecule has 2 aromatic heterocycles. The first-order valence-electron chi connectivity index (χ1n) is 6.92. The molecule has 20 heavy (non-hydrogen) atoms. The van der Waals surface area contributed by atoms with Crippen LogP contribution < -0.4 is 5.32 Å². The van der Waals surface area contributed by atoms with Crippen LogP contribution in [0, 0.1) is 0 Å². The Kier molecular flexibility index (Phi) is 2.74. The molecule has 0 atom stereocenters. The Balaban J connectivity index is 1.57. The Morgan fingerprint density at radius 1 is 1.15 bits per heavy atom. The summed E-state index contributed by atoms with van der Waals surface area (Å²) in [5, 5.41) is 4.52. The van der Waals surface area contributed by atoms with Gasteiger partial charge in [-0.3, -0.25) is 0 Å². The van der Waals surface area contributed by atoms with Crippen LogP contribution in [-0.2, 0) is 6.54 Å². The second-order valence-electron chi connectivity index (χ2n) is 5.22. The second kappa shape index (κ2) is 4.72. The van der Waals surface area contributed by atoms with Crippen LogP contribution in [0.5, 0.6) is 0 Å². The molecule has 0 radical (unpaired) electrons. The highest BCUT2D eigenvalue weighted by atomic mass is 16.3. The maximum absolute atomic E-state index is 5.76. The predicted molar refractivity (Wildman–Crippen MR) is 77.1 cm³/mol. The van der Waals surface area contributed by atoms with Crippen molar-refractivity contribution in [3.63, 3.8) is 0 Å². The summed E-state index contributed by atoms with van der Waals surface area (Å²) in [7, 11) is 0. The summed E-state index contributed by atoms with van der Waals surface area (Å²) in [6.07, 6.45) is 6.31. The lowest BCUT2D eigenvalue weighted by Gasteiger charge is -2.02. The van der Waals surface area contributed by atoms with Crippen LogP contribution >= 0.6 is 0 Å². The molecule has 0 unspecified atom stereocenters. The zero-order valence-corrected chi connectivity index (χ0v) is 11.0. The summed E-state index contributed by atoms with van der Waals surface area (Å²) in [6, 6.07) is 10.6. The third kappa shape index (κ3) is 2.30. The van der Waals surface area contributed by atoms with Crippen molar-refractivity contribution in [2.45, 2.75) is 25.4 Å². The van der Waals surface area contributed by atoms with E-state index in [1.807, 2.05) is 42.7 Å². The first-order chi connectivity index (χ1) is 9.88. The van der Waals surface area contributed by atoms with Crippen molar-refractivity contribution in [1.29, 1.82) is 0 Å². The summed E-state index contributed by atoms with van der Waals surface area (Å²) in [6.45, 7) is 0.838. The van der Waals surface area contributed by atoms with E-state index in [4.69, 9.17) is 4.42 Å². The molecule has 1 fully saturated rings. The fourth-order valence-electron chi connectivity index (χ4n) is 2.22. The highest BCUT2D eigenvalue weighted by Crippen LogP contribution is 2.25. The first-order valence-corrected chi connectivity index (χ1v) is 6.92. The van der Waals surface area contributed by atoms with Crippen LogP contribution in [0.1, 0.15) is 18.4 Å². The largest absolute Gasteiger partial charge is 0.453 e. The van der Waals surface area contributed by atoms with Gasteiger partial charge in [-0.05, 0) is 25.0 Å². The lowest BCUT2D eigenvalue weighted by Crippen LogP contribution is -2.15. The van der Waals surface area contributed by atoms with Crippen molar-refractivity contribution in [1.82, 2.24) is 15.3 Å². The van der Waals surface area contributed by atoms with Crippen molar-refractivity contribution < 1.29 is 4.42 Å². The van der Waals surface area contributed by atoms with Gasteiger partial charge in [0, 0.05) is 35.9 Å². The number of furan rings is 1. The third-order valence-electron chi connectivity index (χ3n) is 3.52. The quantitative estimate of drug-likeness (QED) is 0.787. The molecule has 0 bridgehead atoms. The molecule has 1 aliphatic carbocycles. The van der Waals surface area contributed by atoms with Gasteiger partial charge in [0.05, 0.1) is 0 Å². The number of hydrogen-bond donors (Lipinski definition) is 1. The van der Waals surface area contributed by atoms with Gasteiger partial charge in [0.2, 0.25) is 0 Å².